The van der Waals surface area contributed by atoms with Crippen LogP contribution in [0.3, 0.4) is 0 Å². The summed E-state index contributed by atoms with van der Waals surface area (Å²) in [6.45, 7) is 1.33. The number of rotatable bonds is 8. The van der Waals surface area contributed by atoms with Crippen LogP contribution >= 0.6 is 0 Å². The molecule has 5 heteroatoms. The van der Waals surface area contributed by atoms with Gasteiger partial charge in [0.1, 0.15) is 5.82 Å². The van der Waals surface area contributed by atoms with Gasteiger partial charge in [0.05, 0.1) is 6.61 Å². The molecule has 0 bridgehead atoms. The highest BCUT2D eigenvalue weighted by atomic mass is 19.1. The molecule has 144 valence electrons. The smallest absolute Gasteiger partial charge is 0.317 e. The van der Waals surface area contributed by atoms with Crippen LogP contribution in [-0.2, 0) is 11.8 Å². The lowest BCUT2D eigenvalue weighted by Crippen LogP contribution is -2.50. The van der Waals surface area contributed by atoms with E-state index in [0.29, 0.717) is 19.6 Å². The van der Waals surface area contributed by atoms with Crippen LogP contribution in [0.2, 0.25) is 0 Å². The number of carbonyl (C=O) groups is 1. The summed E-state index contributed by atoms with van der Waals surface area (Å²) in [5.74, 6) is -0.243. The maximum absolute atomic E-state index is 13.2. The average molecular weight is 370 g/mol. The minimum absolute atomic E-state index is 0.0642. The van der Waals surface area contributed by atoms with Crippen molar-refractivity contribution >= 4 is 6.03 Å². The predicted octanol–water partition coefficient (Wildman–Crippen LogP) is 3.49. The summed E-state index contributed by atoms with van der Waals surface area (Å²) in [6, 6.07) is 16.4. The fraction of sp³-hybridized carbons (Fsp3) is 0.409. The van der Waals surface area contributed by atoms with E-state index in [2.05, 4.69) is 5.32 Å². The molecule has 0 unspecified atom stereocenters. The molecule has 2 aromatic carbocycles. The number of aliphatic hydroxyl groups is 1. The molecule has 0 radical (unpaired) electrons. The summed E-state index contributed by atoms with van der Waals surface area (Å²) in [5.41, 5.74) is 2.14. The van der Waals surface area contributed by atoms with Crippen LogP contribution in [0.25, 0.3) is 0 Å². The van der Waals surface area contributed by atoms with Gasteiger partial charge in [-0.05, 0) is 42.5 Å². The number of nitrogens with zero attached hydrogens (tertiary/aromatic N) is 1. The van der Waals surface area contributed by atoms with Gasteiger partial charge in [-0.15, -0.1) is 0 Å². The molecule has 1 aliphatic rings. The number of aliphatic hydroxyl groups excluding tert-OH is 1. The van der Waals surface area contributed by atoms with Crippen molar-refractivity contribution in [3.63, 3.8) is 0 Å². The molecular formula is C22H27FN2O2. The normalized spacial score (nSPS) is 15.0. The van der Waals surface area contributed by atoms with Crippen molar-refractivity contribution in [2.45, 2.75) is 31.1 Å². The fourth-order valence-electron chi connectivity index (χ4n) is 3.68. The van der Waals surface area contributed by atoms with Crippen LogP contribution in [0, 0.1) is 5.82 Å². The molecule has 1 aliphatic carbocycles. The standard InChI is InChI=1S/C22H27FN2O2/c23-20-9-7-19(8-10-20)22(12-4-13-22)17-24-21(27)25(15-16-26)14-11-18-5-2-1-3-6-18/h1-3,5-10,26H,4,11-17H2,(H,24,27). The van der Waals surface area contributed by atoms with E-state index in [-0.39, 0.29) is 23.9 Å². The number of nitrogens with one attached hydrogen (secondary N) is 1. The minimum Gasteiger partial charge on any atom is -0.395 e. The maximum Gasteiger partial charge on any atom is 0.317 e. The topological polar surface area (TPSA) is 52.6 Å². The summed E-state index contributed by atoms with van der Waals surface area (Å²) in [4.78, 5) is 14.3. The Bertz CT molecular complexity index is 730. The fourth-order valence-corrected chi connectivity index (χ4v) is 3.68. The molecule has 0 atom stereocenters. The first-order valence-electron chi connectivity index (χ1n) is 9.57. The Kier molecular flexibility index (Phi) is 6.45. The van der Waals surface area contributed by atoms with E-state index in [1.165, 1.54) is 12.1 Å². The Morgan fingerprint density at radius 3 is 2.37 bits per heavy atom. The lowest BCUT2D eigenvalue weighted by atomic mass is 9.64. The van der Waals surface area contributed by atoms with Crippen molar-refractivity contribution in [2.24, 2.45) is 0 Å². The van der Waals surface area contributed by atoms with Gasteiger partial charge in [-0.1, -0.05) is 48.9 Å². The van der Waals surface area contributed by atoms with E-state index in [1.807, 2.05) is 42.5 Å². The molecule has 27 heavy (non-hydrogen) atoms. The van der Waals surface area contributed by atoms with Gasteiger partial charge in [0.2, 0.25) is 0 Å². The summed E-state index contributed by atoms with van der Waals surface area (Å²) in [7, 11) is 0. The van der Waals surface area contributed by atoms with Crippen LogP contribution < -0.4 is 5.32 Å². The molecule has 2 amide bonds. The van der Waals surface area contributed by atoms with E-state index in [4.69, 9.17) is 0 Å². The lowest BCUT2D eigenvalue weighted by molar-refractivity contribution is 0.168. The largest absolute Gasteiger partial charge is 0.395 e. The number of hydrogen-bond donors (Lipinski definition) is 2. The number of carbonyl (C=O) groups excluding carboxylic acids is 1. The van der Waals surface area contributed by atoms with Crippen LogP contribution in [0.1, 0.15) is 30.4 Å². The molecule has 0 saturated heterocycles. The van der Waals surface area contributed by atoms with Crippen LogP contribution in [0.5, 0.6) is 0 Å². The Hall–Kier alpha value is -2.40. The number of benzene rings is 2. The molecule has 0 aliphatic heterocycles. The molecule has 4 nitrogen and oxygen atoms in total. The van der Waals surface area contributed by atoms with E-state index < -0.39 is 0 Å². The third kappa shape index (κ3) is 4.86. The third-order valence-electron chi connectivity index (χ3n) is 5.52. The minimum atomic E-state index is -0.243. The van der Waals surface area contributed by atoms with Gasteiger partial charge in [-0.2, -0.15) is 0 Å². The summed E-state index contributed by atoms with van der Waals surface area (Å²) in [5, 5.41) is 12.4. The highest BCUT2D eigenvalue weighted by Crippen LogP contribution is 2.43. The second kappa shape index (κ2) is 9.00. The highest BCUT2D eigenvalue weighted by molar-refractivity contribution is 5.74. The van der Waals surface area contributed by atoms with Gasteiger partial charge >= 0.3 is 6.03 Å². The highest BCUT2D eigenvalue weighted by Gasteiger charge is 2.39. The first-order chi connectivity index (χ1) is 13.1. The third-order valence-corrected chi connectivity index (χ3v) is 5.52. The van der Waals surface area contributed by atoms with Crippen LogP contribution in [0.15, 0.2) is 54.6 Å². The monoisotopic (exact) mass is 370 g/mol. The predicted molar refractivity (Wildman–Crippen MR) is 104 cm³/mol. The summed E-state index contributed by atoms with van der Waals surface area (Å²) >= 11 is 0. The van der Waals surface area contributed by atoms with E-state index >= 15 is 0 Å². The van der Waals surface area contributed by atoms with Crippen molar-refractivity contribution in [2.75, 3.05) is 26.2 Å². The molecule has 2 N–H and O–H groups in total. The SMILES string of the molecule is O=C(NCC1(c2ccc(F)cc2)CCC1)N(CCO)CCc1ccccc1. The Morgan fingerprint density at radius 1 is 1.07 bits per heavy atom. The molecule has 2 aromatic rings. The second-order valence-corrected chi connectivity index (χ2v) is 7.25. The Morgan fingerprint density at radius 2 is 1.78 bits per heavy atom. The van der Waals surface area contributed by atoms with Gasteiger partial charge < -0.3 is 15.3 Å². The van der Waals surface area contributed by atoms with Crippen LogP contribution in [-0.4, -0.2) is 42.3 Å². The van der Waals surface area contributed by atoms with E-state index in [0.717, 1.165) is 36.8 Å². The van der Waals surface area contributed by atoms with Crippen molar-refractivity contribution in [3.8, 4) is 0 Å². The number of amides is 2. The zero-order valence-electron chi connectivity index (χ0n) is 15.5. The zero-order valence-corrected chi connectivity index (χ0v) is 15.5. The van der Waals surface area contributed by atoms with Crippen LogP contribution in [0.4, 0.5) is 9.18 Å². The van der Waals surface area contributed by atoms with Gasteiger partial charge in [0.25, 0.3) is 0 Å². The van der Waals surface area contributed by atoms with Crippen molar-refractivity contribution < 1.29 is 14.3 Å². The molecule has 1 fully saturated rings. The van der Waals surface area contributed by atoms with Gasteiger partial charge in [-0.3, -0.25) is 0 Å². The summed E-state index contributed by atoms with van der Waals surface area (Å²) in [6.07, 6.45) is 3.84. The molecular weight excluding hydrogens is 343 g/mol. The average Bonchev–Trinajstić information content (AvgIpc) is 2.66. The van der Waals surface area contributed by atoms with Gasteiger partial charge in [0, 0.05) is 25.0 Å². The first-order valence-corrected chi connectivity index (χ1v) is 9.57. The van der Waals surface area contributed by atoms with Gasteiger partial charge in [0.15, 0.2) is 0 Å². The number of hydrogen-bond acceptors (Lipinski definition) is 2. The van der Waals surface area contributed by atoms with Crippen molar-refractivity contribution in [3.05, 3.63) is 71.5 Å². The number of urea groups is 1. The zero-order chi connectivity index (χ0) is 19.1. The first kappa shape index (κ1) is 19.4. The molecule has 1 saturated carbocycles. The van der Waals surface area contributed by atoms with Crippen molar-refractivity contribution in [1.82, 2.24) is 10.2 Å². The Balaban J connectivity index is 1.58. The Labute approximate surface area is 160 Å². The maximum atomic E-state index is 13.2. The number of halogens is 1. The van der Waals surface area contributed by atoms with Gasteiger partial charge in [-0.25, -0.2) is 9.18 Å². The van der Waals surface area contributed by atoms with E-state index in [9.17, 15) is 14.3 Å². The second-order valence-electron chi connectivity index (χ2n) is 7.25. The summed E-state index contributed by atoms with van der Waals surface area (Å²) < 4.78 is 13.2. The molecule has 0 heterocycles. The quantitative estimate of drug-likeness (QED) is 0.747. The van der Waals surface area contributed by atoms with Crippen molar-refractivity contribution in [1.29, 1.82) is 0 Å². The van der Waals surface area contributed by atoms with E-state index in [1.54, 1.807) is 4.90 Å². The lowest BCUT2D eigenvalue weighted by Gasteiger charge is -2.43. The molecule has 3 rings (SSSR count). The molecule has 0 spiro atoms. The molecule has 0 aromatic heterocycles.